The van der Waals surface area contributed by atoms with E-state index in [1.807, 2.05) is 24.7 Å². The van der Waals surface area contributed by atoms with Gasteiger partial charge in [0.05, 0.1) is 22.6 Å². The standard InChI is InChI=1S/C14H13ClN4O/c1-9-13(8-17-18(9)2)19-6-5-16-14(19)11-4-3-10(20)7-12(11)15/h3-8,20H,1-2H3. The number of halogens is 1. The van der Waals surface area contributed by atoms with Crippen LogP contribution in [0.1, 0.15) is 5.69 Å². The highest BCUT2D eigenvalue weighted by atomic mass is 35.5. The van der Waals surface area contributed by atoms with E-state index in [0.29, 0.717) is 10.8 Å². The maximum atomic E-state index is 9.44. The van der Waals surface area contributed by atoms with Gasteiger partial charge in [-0.25, -0.2) is 4.98 Å². The van der Waals surface area contributed by atoms with Gasteiger partial charge in [0.1, 0.15) is 11.6 Å². The number of phenols is 1. The lowest BCUT2D eigenvalue weighted by Gasteiger charge is -2.09. The molecule has 2 aromatic heterocycles. The van der Waals surface area contributed by atoms with Crippen molar-refractivity contribution in [2.75, 3.05) is 0 Å². The van der Waals surface area contributed by atoms with Gasteiger partial charge in [-0.05, 0) is 25.1 Å². The Labute approximate surface area is 121 Å². The Kier molecular flexibility index (Phi) is 2.99. The monoisotopic (exact) mass is 288 g/mol. The van der Waals surface area contributed by atoms with Crippen LogP contribution in [-0.2, 0) is 7.05 Å². The predicted molar refractivity (Wildman–Crippen MR) is 77.2 cm³/mol. The van der Waals surface area contributed by atoms with Gasteiger partial charge in [-0.2, -0.15) is 5.10 Å². The fraction of sp³-hybridized carbons (Fsp3) is 0.143. The van der Waals surface area contributed by atoms with Crippen LogP contribution in [0.5, 0.6) is 5.75 Å². The number of benzene rings is 1. The van der Waals surface area contributed by atoms with Gasteiger partial charge < -0.3 is 5.11 Å². The molecular weight excluding hydrogens is 276 g/mol. The fourth-order valence-electron chi connectivity index (χ4n) is 2.11. The van der Waals surface area contributed by atoms with Crippen LogP contribution >= 0.6 is 11.6 Å². The average Bonchev–Trinajstić information content (AvgIpc) is 2.98. The van der Waals surface area contributed by atoms with Crippen molar-refractivity contribution in [2.24, 2.45) is 7.05 Å². The number of imidazole rings is 1. The lowest BCUT2D eigenvalue weighted by atomic mass is 10.2. The summed E-state index contributed by atoms with van der Waals surface area (Å²) < 4.78 is 3.73. The average molecular weight is 289 g/mol. The van der Waals surface area contributed by atoms with E-state index in [4.69, 9.17) is 11.6 Å². The summed E-state index contributed by atoms with van der Waals surface area (Å²) in [6, 6.07) is 4.85. The summed E-state index contributed by atoms with van der Waals surface area (Å²) in [6.07, 6.45) is 5.36. The molecule has 0 saturated heterocycles. The fourth-order valence-corrected chi connectivity index (χ4v) is 2.37. The number of nitrogens with zero attached hydrogens (tertiary/aromatic N) is 4. The molecule has 0 radical (unpaired) electrons. The smallest absolute Gasteiger partial charge is 0.146 e. The lowest BCUT2D eigenvalue weighted by Crippen LogP contribution is -1.99. The first-order chi connectivity index (χ1) is 9.58. The third-order valence-electron chi connectivity index (χ3n) is 3.30. The van der Waals surface area contributed by atoms with Crippen LogP contribution in [0.3, 0.4) is 0 Å². The van der Waals surface area contributed by atoms with E-state index in [1.165, 1.54) is 6.07 Å². The second kappa shape index (κ2) is 4.68. The van der Waals surface area contributed by atoms with Crippen molar-refractivity contribution in [3.8, 4) is 22.8 Å². The molecule has 0 atom stereocenters. The minimum atomic E-state index is 0.134. The van der Waals surface area contributed by atoms with Crippen LogP contribution in [0, 0.1) is 6.92 Å². The zero-order chi connectivity index (χ0) is 14.3. The van der Waals surface area contributed by atoms with Gasteiger partial charge in [-0.3, -0.25) is 9.25 Å². The van der Waals surface area contributed by atoms with Gasteiger partial charge >= 0.3 is 0 Å². The van der Waals surface area contributed by atoms with E-state index in [9.17, 15) is 5.11 Å². The number of aromatic nitrogens is 4. The zero-order valence-electron chi connectivity index (χ0n) is 11.1. The van der Waals surface area contributed by atoms with E-state index < -0.39 is 0 Å². The second-order valence-corrected chi connectivity index (χ2v) is 4.93. The van der Waals surface area contributed by atoms with Gasteiger partial charge in [-0.1, -0.05) is 11.6 Å². The van der Waals surface area contributed by atoms with Crippen LogP contribution in [0.2, 0.25) is 5.02 Å². The first-order valence-corrected chi connectivity index (χ1v) is 6.47. The number of rotatable bonds is 2. The molecule has 1 N–H and O–H groups in total. The van der Waals surface area contributed by atoms with Crippen molar-refractivity contribution in [1.29, 1.82) is 0 Å². The highest BCUT2D eigenvalue weighted by molar-refractivity contribution is 6.33. The minimum absolute atomic E-state index is 0.134. The summed E-state index contributed by atoms with van der Waals surface area (Å²) in [4.78, 5) is 4.36. The summed E-state index contributed by atoms with van der Waals surface area (Å²) in [6.45, 7) is 1.99. The Morgan fingerprint density at radius 1 is 1.30 bits per heavy atom. The molecule has 5 nitrogen and oxygen atoms in total. The lowest BCUT2D eigenvalue weighted by molar-refractivity contribution is 0.475. The van der Waals surface area contributed by atoms with Gasteiger partial charge in [0, 0.05) is 25.0 Å². The van der Waals surface area contributed by atoms with Gasteiger partial charge in [0.2, 0.25) is 0 Å². The SMILES string of the molecule is Cc1c(-n2ccnc2-c2ccc(O)cc2Cl)cnn1C. The number of phenolic OH excluding ortho intramolecular Hbond substituents is 1. The van der Waals surface area contributed by atoms with E-state index in [0.717, 1.165) is 16.9 Å². The molecule has 2 heterocycles. The third-order valence-corrected chi connectivity index (χ3v) is 3.62. The van der Waals surface area contributed by atoms with Crippen LogP contribution < -0.4 is 0 Å². The van der Waals surface area contributed by atoms with Crippen molar-refractivity contribution < 1.29 is 5.11 Å². The third kappa shape index (κ3) is 1.96. The Hall–Kier alpha value is -2.27. The molecule has 6 heteroatoms. The summed E-state index contributed by atoms with van der Waals surface area (Å²) in [5, 5.41) is 14.1. The Morgan fingerprint density at radius 2 is 2.10 bits per heavy atom. The van der Waals surface area contributed by atoms with Crippen molar-refractivity contribution in [2.45, 2.75) is 6.92 Å². The molecule has 0 aliphatic heterocycles. The number of hydrogen-bond acceptors (Lipinski definition) is 3. The molecule has 0 saturated carbocycles. The molecule has 3 aromatic rings. The molecule has 3 rings (SSSR count). The summed E-state index contributed by atoms with van der Waals surface area (Å²) in [5.74, 6) is 0.848. The van der Waals surface area contributed by atoms with Crippen LogP contribution in [0.25, 0.3) is 17.1 Å². The normalized spacial score (nSPS) is 10.9. The van der Waals surface area contributed by atoms with Gasteiger partial charge in [0.25, 0.3) is 0 Å². The molecule has 102 valence electrons. The van der Waals surface area contributed by atoms with Crippen LogP contribution in [0.4, 0.5) is 0 Å². The zero-order valence-corrected chi connectivity index (χ0v) is 11.8. The molecule has 0 unspecified atom stereocenters. The number of aryl methyl sites for hydroxylation is 1. The van der Waals surface area contributed by atoms with Gasteiger partial charge in [-0.15, -0.1) is 0 Å². The molecule has 1 aromatic carbocycles. The van der Waals surface area contributed by atoms with Gasteiger partial charge in [0.15, 0.2) is 0 Å². The highest BCUT2D eigenvalue weighted by Gasteiger charge is 2.14. The topological polar surface area (TPSA) is 55.9 Å². The molecule has 0 bridgehead atoms. The first kappa shape index (κ1) is 12.7. The molecule has 0 aliphatic carbocycles. The first-order valence-electron chi connectivity index (χ1n) is 6.09. The van der Waals surface area contributed by atoms with E-state index >= 15 is 0 Å². The van der Waals surface area contributed by atoms with Crippen LogP contribution in [-0.4, -0.2) is 24.4 Å². The predicted octanol–water partition coefficient (Wildman–Crippen LogP) is 2.94. The quantitative estimate of drug-likeness (QED) is 0.789. The maximum absolute atomic E-state index is 9.44. The summed E-state index contributed by atoms with van der Waals surface area (Å²) >= 11 is 6.19. The molecule has 0 aliphatic rings. The minimum Gasteiger partial charge on any atom is -0.508 e. The Bertz CT molecular complexity index is 775. The molecule has 0 fully saturated rings. The molecule has 20 heavy (non-hydrogen) atoms. The Morgan fingerprint density at radius 3 is 2.75 bits per heavy atom. The largest absolute Gasteiger partial charge is 0.508 e. The maximum Gasteiger partial charge on any atom is 0.146 e. The van der Waals surface area contributed by atoms with Crippen molar-refractivity contribution in [1.82, 2.24) is 19.3 Å². The number of aromatic hydroxyl groups is 1. The number of hydrogen-bond donors (Lipinski definition) is 1. The summed E-state index contributed by atoms with van der Waals surface area (Å²) in [7, 11) is 1.89. The van der Waals surface area contributed by atoms with E-state index in [-0.39, 0.29) is 5.75 Å². The highest BCUT2D eigenvalue weighted by Crippen LogP contribution is 2.31. The van der Waals surface area contributed by atoms with Crippen LogP contribution in [0.15, 0.2) is 36.8 Å². The van der Waals surface area contributed by atoms with E-state index in [2.05, 4.69) is 10.1 Å². The second-order valence-electron chi connectivity index (χ2n) is 4.52. The molecule has 0 amide bonds. The summed E-state index contributed by atoms with van der Waals surface area (Å²) in [5.41, 5.74) is 2.74. The van der Waals surface area contributed by atoms with Crippen molar-refractivity contribution >= 4 is 11.6 Å². The van der Waals surface area contributed by atoms with E-state index in [1.54, 1.807) is 29.2 Å². The molecule has 0 spiro atoms. The van der Waals surface area contributed by atoms with Crippen molar-refractivity contribution in [3.63, 3.8) is 0 Å². The Balaban J connectivity index is 2.18. The van der Waals surface area contributed by atoms with Crippen molar-refractivity contribution in [3.05, 3.63) is 47.5 Å². The molecular formula is C14H13ClN4O.